The van der Waals surface area contributed by atoms with Crippen LogP contribution in [0.3, 0.4) is 0 Å². The van der Waals surface area contributed by atoms with Crippen LogP contribution in [0.5, 0.6) is 0 Å². The molecule has 0 saturated carbocycles. The number of carbonyl (C=O) groups excluding carboxylic acids is 1. The number of hydrogen-bond acceptors (Lipinski definition) is 4. The van der Waals surface area contributed by atoms with E-state index >= 15 is 0 Å². The normalized spacial score (nSPS) is 17.4. The number of rotatable bonds is 5. The first-order chi connectivity index (χ1) is 10.4. The van der Waals surface area contributed by atoms with Gasteiger partial charge in [0.25, 0.3) is 0 Å². The molecule has 0 radical (unpaired) electrons. The van der Waals surface area contributed by atoms with E-state index in [0.717, 1.165) is 9.75 Å². The Morgan fingerprint density at radius 3 is 2.57 bits per heavy atom. The van der Waals surface area contributed by atoms with Crippen molar-refractivity contribution in [3.8, 4) is 0 Å². The van der Waals surface area contributed by atoms with Crippen molar-refractivity contribution in [3.63, 3.8) is 0 Å². The molecule has 9 heteroatoms. The van der Waals surface area contributed by atoms with Gasteiger partial charge in [-0.3, -0.25) is 9.69 Å². The number of amides is 1. The number of halogens is 4. The molecule has 0 bridgehead atoms. The van der Waals surface area contributed by atoms with Crippen LogP contribution in [0.2, 0.25) is 0 Å². The van der Waals surface area contributed by atoms with Gasteiger partial charge in [0.15, 0.2) is 0 Å². The molecule has 4 nitrogen and oxygen atoms in total. The van der Waals surface area contributed by atoms with E-state index in [-0.39, 0.29) is 24.7 Å². The minimum absolute atomic E-state index is 0. The predicted octanol–water partition coefficient (Wildman–Crippen LogP) is 1.97. The summed E-state index contributed by atoms with van der Waals surface area (Å²) in [5, 5.41) is 5.46. The standard InChI is InChI=1S/C14H20F3N3OS.ClH/c1-10-2-3-11(22-10)8-13(21)19-9-12(14(15,16)17)20-6-4-18-5-7-20;/h2-3,12,18H,4-9H2,1H3,(H,19,21);1H. The Bertz CT molecular complexity index is 504. The largest absolute Gasteiger partial charge is 0.405 e. The first kappa shape index (κ1) is 20.2. The van der Waals surface area contributed by atoms with Crippen LogP contribution in [-0.2, 0) is 11.2 Å². The average molecular weight is 372 g/mol. The van der Waals surface area contributed by atoms with Gasteiger partial charge >= 0.3 is 6.18 Å². The van der Waals surface area contributed by atoms with Crippen molar-refractivity contribution in [3.05, 3.63) is 21.9 Å². The highest BCUT2D eigenvalue weighted by atomic mass is 35.5. The fraction of sp³-hybridized carbons (Fsp3) is 0.643. The zero-order valence-corrected chi connectivity index (χ0v) is 14.4. The molecule has 2 heterocycles. The molecule has 1 amide bonds. The summed E-state index contributed by atoms with van der Waals surface area (Å²) in [5.41, 5.74) is 0. The number of thiophene rings is 1. The van der Waals surface area contributed by atoms with Crippen LogP contribution in [0.1, 0.15) is 9.75 Å². The number of carbonyl (C=O) groups is 1. The van der Waals surface area contributed by atoms with Crippen molar-refractivity contribution >= 4 is 29.7 Å². The molecule has 2 N–H and O–H groups in total. The highest BCUT2D eigenvalue weighted by Crippen LogP contribution is 2.25. The molecule has 1 aliphatic rings. The van der Waals surface area contributed by atoms with E-state index in [2.05, 4.69) is 10.6 Å². The topological polar surface area (TPSA) is 44.4 Å². The van der Waals surface area contributed by atoms with Gasteiger partial charge in [0.05, 0.1) is 6.42 Å². The maximum atomic E-state index is 13.2. The molecule has 0 aliphatic carbocycles. The van der Waals surface area contributed by atoms with Crippen molar-refractivity contribution in [2.45, 2.75) is 25.6 Å². The average Bonchev–Trinajstić information content (AvgIpc) is 2.84. The molecule has 23 heavy (non-hydrogen) atoms. The van der Waals surface area contributed by atoms with E-state index in [4.69, 9.17) is 0 Å². The Labute approximate surface area is 143 Å². The highest BCUT2D eigenvalue weighted by molar-refractivity contribution is 7.12. The Morgan fingerprint density at radius 2 is 2.04 bits per heavy atom. The van der Waals surface area contributed by atoms with E-state index in [9.17, 15) is 18.0 Å². The van der Waals surface area contributed by atoms with Gasteiger partial charge in [-0.1, -0.05) is 0 Å². The van der Waals surface area contributed by atoms with Gasteiger partial charge in [-0.05, 0) is 19.1 Å². The Kier molecular flexibility index (Phi) is 7.79. The summed E-state index contributed by atoms with van der Waals surface area (Å²) in [6, 6.07) is 2.10. The lowest BCUT2D eigenvalue weighted by molar-refractivity contribution is -0.184. The minimum atomic E-state index is -4.34. The Balaban J connectivity index is 0.00000264. The number of aryl methyl sites for hydroxylation is 1. The summed E-state index contributed by atoms with van der Waals surface area (Å²) < 4.78 is 39.5. The smallest absolute Gasteiger partial charge is 0.354 e. The molecule has 132 valence electrons. The molecule has 1 fully saturated rings. The zero-order chi connectivity index (χ0) is 16.2. The van der Waals surface area contributed by atoms with Crippen molar-refractivity contribution < 1.29 is 18.0 Å². The molecule has 0 spiro atoms. The van der Waals surface area contributed by atoms with Gasteiger partial charge < -0.3 is 10.6 Å². The molecular weight excluding hydrogens is 351 g/mol. The number of nitrogens with one attached hydrogen (secondary N) is 2. The van der Waals surface area contributed by atoms with Crippen molar-refractivity contribution in [2.24, 2.45) is 0 Å². The molecule has 1 aromatic rings. The van der Waals surface area contributed by atoms with E-state index in [1.54, 1.807) is 0 Å². The summed E-state index contributed by atoms with van der Waals surface area (Å²) in [7, 11) is 0. The van der Waals surface area contributed by atoms with E-state index in [1.807, 2.05) is 19.1 Å². The SMILES string of the molecule is Cc1ccc(CC(=O)NCC(N2CCNCC2)C(F)(F)F)s1.Cl. The zero-order valence-electron chi connectivity index (χ0n) is 12.8. The third-order valence-corrected chi connectivity index (χ3v) is 4.59. The maximum Gasteiger partial charge on any atom is 0.405 e. The van der Waals surface area contributed by atoms with Crippen LogP contribution >= 0.6 is 23.7 Å². The summed E-state index contributed by atoms with van der Waals surface area (Å²) in [5.74, 6) is -0.369. The molecule has 1 atom stereocenters. The van der Waals surface area contributed by atoms with Gasteiger partial charge in [-0.25, -0.2) is 0 Å². The third kappa shape index (κ3) is 6.29. The summed E-state index contributed by atoms with van der Waals surface area (Å²) in [6.07, 6.45) is -4.21. The maximum absolute atomic E-state index is 13.2. The van der Waals surface area contributed by atoms with Crippen LogP contribution < -0.4 is 10.6 Å². The molecular formula is C14H21ClF3N3OS. The minimum Gasteiger partial charge on any atom is -0.354 e. The summed E-state index contributed by atoms with van der Waals surface area (Å²) in [4.78, 5) is 15.2. The lowest BCUT2D eigenvalue weighted by Crippen LogP contribution is -2.57. The van der Waals surface area contributed by atoms with Crippen molar-refractivity contribution in [1.82, 2.24) is 15.5 Å². The second kappa shape index (κ2) is 8.86. The lowest BCUT2D eigenvalue weighted by Gasteiger charge is -2.35. The van der Waals surface area contributed by atoms with Crippen LogP contribution in [0.25, 0.3) is 0 Å². The van der Waals surface area contributed by atoms with Gasteiger partial charge in [-0.2, -0.15) is 13.2 Å². The quantitative estimate of drug-likeness (QED) is 0.831. The lowest BCUT2D eigenvalue weighted by atomic mass is 10.2. The monoisotopic (exact) mass is 371 g/mol. The second-order valence-electron chi connectivity index (χ2n) is 5.34. The molecule has 1 saturated heterocycles. The van der Waals surface area contributed by atoms with Gasteiger partial charge in [-0.15, -0.1) is 23.7 Å². The van der Waals surface area contributed by atoms with E-state index in [0.29, 0.717) is 26.2 Å². The Morgan fingerprint density at radius 1 is 1.39 bits per heavy atom. The van der Waals surface area contributed by atoms with Crippen LogP contribution in [0.4, 0.5) is 13.2 Å². The molecule has 1 aromatic heterocycles. The van der Waals surface area contributed by atoms with Gasteiger partial charge in [0, 0.05) is 42.5 Å². The molecule has 1 aliphatic heterocycles. The molecule has 1 unspecified atom stereocenters. The van der Waals surface area contributed by atoms with E-state index < -0.39 is 18.8 Å². The van der Waals surface area contributed by atoms with Crippen LogP contribution in [-0.4, -0.2) is 55.7 Å². The number of alkyl halides is 3. The van der Waals surface area contributed by atoms with Crippen molar-refractivity contribution in [1.29, 1.82) is 0 Å². The number of piperazine rings is 1. The first-order valence-corrected chi connectivity index (χ1v) is 8.01. The number of hydrogen-bond donors (Lipinski definition) is 2. The molecule has 0 aromatic carbocycles. The van der Waals surface area contributed by atoms with Crippen LogP contribution in [0, 0.1) is 6.92 Å². The fourth-order valence-corrected chi connectivity index (χ4v) is 3.35. The van der Waals surface area contributed by atoms with E-state index in [1.165, 1.54) is 16.2 Å². The highest BCUT2D eigenvalue weighted by Gasteiger charge is 2.43. The summed E-state index contributed by atoms with van der Waals surface area (Å²) >= 11 is 1.48. The van der Waals surface area contributed by atoms with Crippen molar-refractivity contribution in [2.75, 3.05) is 32.7 Å². The Hall–Kier alpha value is -0.830. The first-order valence-electron chi connectivity index (χ1n) is 7.20. The predicted molar refractivity (Wildman–Crippen MR) is 87.3 cm³/mol. The molecule has 2 rings (SSSR count). The number of nitrogens with zero attached hydrogens (tertiary/aromatic N) is 1. The third-order valence-electron chi connectivity index (χ3n) is 3.59. The van der Waals surface area contributed by atoms with Gasteiger partial charge in [0.2, 0.25) is 5.91 Å². The second-order valence-corrected chi connectivity index (χ2v) is 6.71. The van der Waals surface area contributed by atoms with Gasteiger partial charge in [0.1, 0.15) is 6.04 Å². The van der Waals surface area contributed by atoms with Crippen LogP contribution in [0.15, 0.2) is 12.1 Å². The summed E-state index contributed by atoms with van der Waals surface area (Å²) in [6.45, 7) is 3.28. The fourth-order valence-electron chi connectivity index (χ4n) is 2.46.